The van der Waals surface area contributed by atoms with E-state index in [1.165, 1.54) is 44.2 Å². The van der Waals surface area contributed by atoms with Gasteiger partial charge in [-0.1, -0.05) is 46.5 Å². The summed E-state index contributed by atoms with van der Waals surface area (Å²) in [5, 5.41) is 3.44. The van der Waals surface area contributed by atoms with Crippen LogP contribution in [0.25, 0.3) is 0 Å². The van der Waals surface area contributed by atoms with Gasteiger partial charge >= 0.3 is 0 Å². The quantitative estimate of drug-likeness (QED) is 0.613. The van der Waals surface area contributed by atoms with Gasteiger partial charge in [0.25, 0.3) is 0 Å². The van der Waals surface area contributed by atoms with Crippen LogP contribution in [0.1, 0.15) is 65.0 Å². The fraction of sp³-hybridized carbons (Fsp3) is 0.812. The van der Waals surface area contributed by atoms with Crippen molar-refractivity contribution in [1.82, 2.24) is 14.9 Å². The van der Waals surface area contributed by atoms with Crippen molar-refractivity contribution in [1.29, 1.82) is 0 Å². The number of aryl methyl sites for hydroxylation is 1. The summed E-state index contributed by atoms with van der Waals surface area (Å²) < 4.78 is 2.30. The first-order valence-electron chi connectivity index (χ1n) is 7.93. The monoisotopic (exact) mass is 265 g/mol. The van der Waals surface area contributed by atoms with Gasteiger partial charge in [-0.15, -0.1) is 0 Å². The highest BCUT2D eigenvalue weighted by Gasteiger charge is 2.01. The van der Waals surface area contributed by atoms with Gasteiger partial charge < -0.3 is 9.88 Å². The molecule has 0 unspecified atom stereocenters. The summed E-state index contributed by atoms with van der Waals surface area (Å²) >= 11 is 0. The van der Waals surface area contributed by atoms with Gasteiger partial charge in [0.05, 0.1) is 12.0 Å². The lowest BCUT2D eigenvalue weighted by Crippen LogP contribution is -2.16. The van der Waals surface area contributed by atoms with Crippen LogP contribution in [0.15, 0.2) is 12.5 Å². The maximum atomic E-state index is 4.26. The Morgan fingerprint density at radius 1 is 1.21 bits per heavy atom. The lowest BCUT2D eigenvalue weighted by Gasteiger charge is -2.09. The number of rotatable bonds is 11. The summed E-state index contributed by atoms with van der Waals surface area (Å²) in [5.74, 6) is 0.852. The lowest BCUT2D eigenvalue weighted by molar-refractivity contribution is 0.500. The van der Waals surface area contributed by atoms with Gasteiger partial charge in [0.1, 0.15) is 0 Å². The topological polar surface area (TPSA) is 29.9 Å². The molecule has 0 radical (unpaired) electrons. The minimum Gasteiger partial charge on any atom is -0.333 e. The summed E-state index contributed by atoms with van der Waals surface area (Å²) in [6.07, 6.45) is 11.9. The van der Waals surface area contributed by atoms with Crippen LogP contribution in [0.4, 0.5) is 0 Å². The molecule has 19 heavy (non-hydrogen) atoms. The number of hydrogen-bond acceptors (Lipinski definition) is 2. The normalized spacial score (nSPS) is 11.4. The first-order chi connectivity index (χ1) is 9.24. The molecule has 0 atom stereocenters. The SMILES string of the molecule is CCCNCc1cncn1CCCCCCC(C)C. The van der Waals surface area contributed by atoms with Crippen LogP contribution in [-0.2, 0) is 13.1 Å². The minimum atomic E-state index is 0.852. The molecule has 0 saturated carbocycles. The van der Waals surface area contributed by atoms with E-state index in [4.69, 9.17) is 0 Å². The molecule has 1 heterocycles. The van der Waals surface area contributed by atoms with Crippen molar-refractivity contribution < 1.29 is 0 Å². The molecule has 0 saturated heterocycles. The van der Waals surface area contributed by atoms with E-state index >= 15 is 0 Å². The van der Waals surface area contributed by atoms with Crippen LogP contribution >= 0.6 is 0 Å². The number of aromatic nitrogens is 2. The zero-order valence-corrected chi connectivity index (χ0v) is 13.0. The van der Waals surface area contributed by atoms with Crippen LogP contribution < -0.4 is 5.32 Å². The maximum absolute atomic E-state index is 4.26. The second kappa shape index (κ2) is 10.0. The van der Waals surface area contributed by atoms with Crippen LogP contribution in [0.3, 0.4) is 0 Å². The molecule has 110 valence electrons. The maximum Gasteiger partial charge on any atom is 0.0948 e. The summed E-state index contributed by atoms with van der Waals surface area (Å²) in [6.45, 7) is 9.95. The number of nitrogens with one attached hydrogen (secondary N) is 1. The second-order valence-corrected chi connectivity index (χ2v) is 5.85. The Morgan fingerprint density at radius 3 is 2.74 bits per heavy atom. The van der Waals surface area contributed by atoms with E-state index < -0.39 is 0 Å². The Kier molecular flexibility index (Phi) is 8.55. The van der Waals surface area contributed by atoms with Crippen LogP contribution in [-0.4, -0.2) is 16.1 Å². The molecule has 0 fully saturated rings. The smallest absolute Gasteiger partial charge is 0.0948 e. The van der Waals surface area contributed by atoms with Crippen molar-refractivity contribution in [2.24, 2.45) is 5.92 Å². The summed E-state index contributed by atoms with van der Waals surface area (Å²) in [6, 6.07) is 0. The third kappa shape index (κ3) is 7.36. The Labute approximate surface area is 118 Å². The Morgan fingerprint density at radius 2 is 2.00 bits per heavy atom. The highest BCUT2D eigenvalue weighted by Crippen LogP contribution is 2.10. The van der Waals surface area contributed by atoms with Crippen molar-refractivity contribution in [3.63, 3.8) is 0 Å². The molecule has 0 aromatic carbocycles. The van der Waals surface area contributed by atoms with E-state index in [9.17, 15) is 0 Å². The van der Waals surface area contributed by atoms with E-state index in [0.29, 0.717) is 0 Å². The summed E-state index contributed by atoms with van der Waals surface area (Å²) in [4.78, 5) is 4.26. The number of nitrogens with zero attached hydrogens (tertiary/aromatic N) is 2. The number of imidazole rings is 1. The average molecular weight is 265 g/mol. The fourth-order valence-corrected chi connectivity index (χ4v) is 2.28. The van der Waals surface area contributed by atoms with Crippen molar-refractivity contribution >= 4 is 0 Å². The molecule has 0 amide bonds. The number of hydrogen-bond donors (Lipinski definition) is 1. The minimum absolute atomic E-state index is 0.852. The third-order valence-corrected chi connectivity index (χ3v) is 3.46. The highest BCUT2D eigenvalue weighted by molar-refractivity contribution is 4.97. The Hall–Kier alpha value is -0.830. The molecule has 0 aliphatic carbocycles. The van der Waals surface area contributed by atoms with E-state index in [0.717, 1.165) is 25.6 Å². The first kappa shape index (κ1) is 16.2. The zero-order valence-electron chi connectivity index (χ0n) is 13.0. The predicted octanol–water partition coefficient (Wildman–Crippen LogP) is 3.99. The van der Waals surface area contributed by atoms with Crippen molar-refractivity contribution in [3.8, 4) is 0 Å². The van der Waals surface area contributed by atoms with E-state index in [-0.39, 0.29) is 0 Å². The molecule has 0 aliphatic rings. The van der Waals surface area contributed by atoms with Gasteiger partial charge in [-0.2, -0.15) is 0 Å². The van der Waals surface area contributed by atoms with Gasteiger partial charge in [0.2, 0.25) is 0 Å². The van der Waals surface area contributed by atoms with Crippen molar-refractivity contribution in [2.75, 3.05) is 6.54 Å². The molecule has 3 nitrogen and oxygen atoms in total. The molecule has 1 N–H and O–H groups in total. The molecular formula is C16H31N3. The van der Waals surface area contributed by atoms with Gasteiger partial charge in [-0.3, -0.25) is 0 Å². The third-order valence-electron chi connectivity index (χ3n) is 3.46. The first-order valence-corrected chi connectivity index (χ1v) is 7.93. The molecule has 1 aromatic rings. The van der Waals surface area contributed by atoms with Gasteiger partial charge in [-0.05, 0) is 25.3 Å². The largest absolute Gasteiger partial charge is 0.333 e. The fourth-order valence-electron chi connectivity index (χ4n) is 2.28. The van der Waals surface area contributed by atoms with Crippen molar-refractivity contribution in [2.45, 2.75) is 72.4 Å². The van der Waals surface area contributed by atoms with Crippen molar-refractivity contribution in [3.05, 3.63) is 18.2 Å². The van der Waals surface area contributed by atoms with E-state index in [1.807, 2.05) is 12.5 Å². The molecule has 0 spiro atoms. The summed E-state index contributed by atoms with van der Waals surface area (Å²) in [5.41, 5.74) is 1.32. The van der Waals surface area contributed by atoms with Crippen LogP contribution in [0, 0.1) is 5.92 Å². The Bertz CT molecular complexity index is 318. The molecule has 0 bridgehead atoms. The lowest BCUT2D eigenvalue weighted by atomic mass is 10.0. The standard InChI is InChI=1S/C16H31N3/c1-4-10-17-12-16-13-18-14-19(16)11-8-6-5-7-9-15(2)3/h13-15,17H,4-12H2,1-3H3. The van der Waals surface area contributed by atoms with E-state index in [2.05, 4.69) is 35.6 Å². The van der Waals surface area contributed by atoms with E-state index in [1.54, 1.807) is 0 Å². The van der Waals surface area contributed by atoms with Gasteiger partial charge in [-0.25, -0.2) is 4.98 Å². The Balaban J connectivity index is 2.13. The van der Waals surface area contributed by atoms with Gasteiger partial charge in [0, 0.05) is 19.3 Å². The predicted molar refractivity (Wildman–Crippen MR) is 82.1 cm³/mol. The average Bonchev–Trinajstić information content (AvgIpc) is 2.81. The zero-order chi connectivity index (χ0) is 13.9. The van der Waals surface area contributed by atoms with Crippen LogP contribution in [0.2, 0.25) is 0 Å². The molecular weight excluding hydrogens is 234 g/mol. The number of unbranched alkanes of at least 4 members (excludes halogenated alkanes) is 3. The summed E-state index contributed by atoms with van der Waals surface area (Å²) in [7, 11) is 0. The molecule has 1 rings (SSSR count). The second-order valence-electron chi connectivity index (χ2n) is 5.85. The van der Waals surface area contributed by atoms with Crippen LogP contribution in [0.5, 0.6) is 0 Å². The highest BCUT2D eigenvalue weighted by atomic mass is 15.1. The molecule has 3 heteroatoms. The molecule has 0 aliphatic heterocycles. The molecule has 1 aromatic heterocycles. The van der Waals surface area contributed by atoms with Gasteiger partial charge in [0.15, 0.2) is 0 Å².